The molecule has 1 aliphatic rings. The van der Waals surface area contributed by atoms with Gasteiger partial charge in [0.05, 0.1) is 0 Å². The molecule has 1 N–H and O–H groups in total. The normalized spacial score (nSPS) is 14.3. The van der Waals surface area contributed by atoms with E-state index in [1.807, 2.05) is 30.3 Å². The Kier molecular flexibility index (Phi) is 4.55. The second kappa shape index (κ2) is 6.77. The van der Waals surface area contributed by atoms with Crippen molar-refractivity contribution >= 4 is 17.4 Å². The maximum Gasteiger partial charge on any atom is 0.276 e. The number of hydrogen-bond acceptors (Lipinski definition) is 4. The Bertz CT molecular complexity index is 658. The molecular formula is C18H22N4O. The van der Waals surface area contributed by atoms with E-state index in [0.29, 0.717) is 11.6 Å². The van der Waals surface area contributed by atoms with Crippen molar-refractivity contribution in [1.29, 1.82) is 0 Å². The zero-order chi connectivity index (χ0) is 16.2. The number of carbonyl (C=O) groups excluding carboxylic acids is 1. The molecule has 0 bridgehead atoms. The molecule has 0 spiro atoms. The summed E-state index contributed by atoms with van der Waals surface area (Å²) in [5.74, 6) is 1.09. The number of nitrogens with zero attached hydrogens (tertiary/aromatic N) is 3. The summed E-state index contributed by atoms with van der Waals surface area (Å²) in [6.07, 6.45) is 2.38. The number of amides is 1. The molecule has 0 unspecified atom stereocenters. The summed E-state index contributed by atoms with van der Waals surface area (Å²) in [6.45, 7) is 6.32. The molecule has 5 nitrogen and oxygen atoms in total. The third-order valence-corrected chi connectivity index (χ3v) is 4.15. The third-order valence-electron chi connectivity index (χ3n) is 4.15. The van der Waals surface area contributed by atoms with Crippen LogP contribution in [0.3, 0.4) is 0 Å². The zero-order valence-corrected chi connectivity index (χ0v) is 13.6. The zero-order valence-electron chi connectivity index (χ0n) is 13.6. The summed E-state index contributed by atoms with van der Waals surface area (Å²) in [5, 5.41) is 11.1. The molecule has 1 amide bonds. The maximum atomic E-state index is 12.2. The van der Waals surface area contributed by atoms with E-state index >= 15 is 0 Å². The van der Waals surface area contributed by atoms with Gasteiger partial charge in [0.2, 0.25) is 0 Å². The molecule has 1 aromatic carbocycles. The molecule has 0 aliphatic carbocycles. The molecule has 1 aromatic heterocycles. The summed E-state index contributed by atoms with van der Waals surface area (Å²) < 4.78 is 0. The molecule has 0 saturated carbocycles. The lowest BCUT2D eigenvalue weighted by Crippen LogP contribution is -2.21. The first-order valence-electron chi connectivity index (χ1n) is 8.13. The van der Waals surface area contributed by atoms with E-state index in [-0.39, 0.29) is 5.91 Å². The molecule has 5 heteroatoms. The van der Waals surface area contributed by atoms with E-state index in [4.69, 9.17) is 0 Å². The Labute approximate surface area is 136 Å². The molecule has 0 atom stereocenters. The van der Waals surface area contributed by atoms with Crippen LogP contribution in [0.15, 0.2) is 36.4 Å². The van der Waals surface area contributed by atoms with Crippen molar-refractivity contribution in [3.8, 4) is 0 Å². The largest absolute Gasteiger partial charge is 0.355 e. The molecule has 1 fully saturated rings. The smallest absolute Gasteiger partial charge is 0.276 e. The van der Waals surface area contributed by atoms with Crippen LogP contribution in [0.1, 0.15) is 48.7 Å². The van der Waals surface area contributed by atoms with Crippen LogP contribution in [-0.4, -0.2) is 29.2 Å². The maximum absolute atomic E-state index is 12.2. The van der Waals surface area contributed by atoms with Gasteiger partial charge in [-0.1, -0.05) is 26.0 Å². The van der Waals surface area contributed by atoms with Gasteiger partial charge in [-0.25, -0.2) is 0 Å². The van der Waals surface area contributed by atoms with Crippen LogP contribution in [0.2, 0.25) is 0 Å². The molecule has 23 heavy (non-hydrogen) atoms. The molecule has 3 rings (SSSR count). The van der Waals surface area contributed by atoms with Crippen molar-refractivity contribution in [1.82, 2.24) is 10.2 Å². The highest BCUT2D eigenvalue weighted by Crippen LogP contribution is 2.19. The fraction of sp³-hybridized carbons (Fsp3) is 0.389. The van der Waals surface area contributed by atoms with Crippen molar-refractivity contribution < 1.29 is 4.79 Å². The van der Waals surface area contributed by atoms with E-state index in [0.717, 1.165) is 24.6 Å². The quantitative estimate of drug-likeness (QED) is 0.939. The van der Waals surface area contributed by atoms with Gasteiger partial charge in [-0.05, 0) is 48.6 Å². The average Bonchev–Trinajstić information content (AvgIpc) is 3.10. The molecule has 2 aromatic rings. The molecule has 0 radical (unpaired) electrons. The summed E-state index contributed by atoms with van der Waals surface area (Å²) >= 11 is 0. The number of benzene rings is 1. The minimum atomic E-state index is -0.234. The van der Waals surface area contributed by atoms with Crippen LogP contribution in [0.4, 0.5) is 11.5 Å². The highest BCUT2D eigenvalue weighted by molar-refractivity contribution is 6.02. The number of carbonyl (C=O) groups is 1. The minimum Gasteiger partial charge on any atom is -0.355 e. The van der Waals surface area contributed by atoms with Crippen LogP contribution in [0.5, 0.6) is 0 Å². The second-order valence-corrected chi connectivity index (χ2v) is 6.20. The van der Waals surface area contributed by atoms with Crippen LogP contribution < -0.4 is 10.2 Å². The van der Waals surface area contributed by atoms with E-state index in [1.54, 1.807) is 6.07 Å². The van der Waals surface area contributed by atoms with Gasteiger partial charge in [0.25, 0.3) is 5.91 Å². The molecular weight excluding hydrogens is 288 g/mol. The molecule has 2 heterocycles. The Morgan fingerprint density at radius 1 is 1.04 bits per heavy atom. The van der Waals surface area contributed by atoms with Gasteiger partial charge in [0, 0.05) is 18.8 Å². The topological polar surface area (TPSA) is 58.1 Å². The van der Waals surface area contributed by atoms with Gasteiger partial charge < -0.3 is 10.2 Å². The monoisotopic (exact) mass is 310 g/mol. The van der Waals surface area contributed by atoms with Crippen molar-refractivity contribution in [2.24, 2.45) is 0 Å². The number of aromatic nitrogens is 2. The minimum absolute atomic E-state index is 0.234. The fourth-order valence-electron chi connectivity index (χ4n) is 2.71. The average molecular weight is 310 g/mol. The Hall–Kier alpha value is -2.43. The predicted molar refractivity (Wildman–Crippen MR) is 92.0 cm³/mol. The fourth-order valence-corrected chi connectivity index (χ4v) is 2.71. The highest BCUT2D eigenvalue weighted by Gasteiger charge is 2.15. The first-order chi connectivity index (χ1) is 11.1. The molecule has 1 saturated heterocycles. The Morgan fingerprint density at radius 3 is 2.30 bits per heavy atom. The lowest BCUT2D eigenvalue weighted by molar-refractivity contribution is 0.102. The summed E-state index contributed by atoms with van der Waals surface area (Å²) in [5.41, 5.74) is 2.35. The van der Waals surface area contributed by atoms with E-state index in [1.165, 1.54) is 18.4 Å². The van der Waals surface area contributed by atoms with Crippen LogP contribution in [-0.2, 0) is 0 Å². The SMILES string of the molecule is CC(C)c1ccc(NC(=O)c2ccc(N3CCCC3)nn2)cc1. The summed E-state index contributed by atoms with van der Waals surface area (Å²) in [4.78, 5) is 14.4. The van der Waals surface area contributed by atoms with Gasteiger partial charge in [0.1, 0.15) is 0 Å². The number of nitrogens with one attached hydrogen (secondary N) is 1. The summed E-state index contributed by atoms with van der Waals surface area (Å²) in [7, 11) is 0. The van der Waals surface area contributed by atoms with Gasteiger partial charge in [-0.3, -0.25) is 4.79 Å². The van der Waals surface area contributed by atoms with Crippen LogP contribution >= 0.6 is 0 Å². The van der Waals surface area contributed by atoms with Crippen molar-refractivity contribution in [2.45, 2.75) is 32.6 Å². The van der Waals surface area contributed by atoms with E-state index in [9.17, 15) is 4.79 Å². The highest BCUT2D eigenvalue weighted by atomic mass is 16.1. The van der Waals surface area contributed by atoms with Crippen LogP contribution in [0, 0.1) is 0 Å². The first-order valence-corrected chi connectivity index (χ1v) is 8.13. The number of hydrogen-bond donors (Lipinski definition) is 1. The van der Waals surface area contributed by atoms with E-state index < -0.39 is 0 Å². The Morgan fingerprint density at radius 2 is 1.74 bits per heavy atom. The van der Waals surface area contributed by atoms with Gasteiger partial charge in [0.15, 0.2) is 11.5 Å². The number of anilines is 2. The van der Waals surface area contributed by atoms with Gasteiger partial charge in [-0.15, -0.1) is 10.2 Å². The number of rotatable bonds is 4. The first kappa shape index (κ1) is 15.5. The second-order valence-electron chi connectivity index (χ2n) is 6.20. The standard InChI is InChI=1S/C18H22N4O/c1-13(2)14-5-7-15(8-6-14)19-18(23)16-9-10-17(21-20-16)22-11-3-4-12-22/h5-10,13H,3-4,11-12H2,1-2H3,(H,19,23). The van der Waals surface area contributed by atoms with Crippen molar-refractivity contribution in [2.75, 3.05) is 23.3 Å². The van der Waals surface area contributed by atoms with E-state index in [2.05, 4.69) is 34.3 Å². The van der Waals surface area contributed by atoms with Crippen molar-refractivity contribution in [3.05, 3.63) is 47.7 Å². The Balaban J connectivity index is 1.65. The van der Waals surface area contributed by atoms with Gasteiger partial charge >= 0.3 is 0 Å². The predicted octanol–water partition coefficient (Wildman–Crippen LogP) is 3.45. The molecule has 1 aliphatic heterocycles. The lowest BCUT2D eigenvalue weighted by atomic mass is 10.0. The lowest BCUT2D eigenvalue weighted by Gasteiger charge is -2.15. The summed E-state index contributed by atoms with van der Waals surface area (Å²) in [6, 6.07) is 11.5. The van der Waals surface area contributed by atoms with Crippen LogP contribution in [0.25, 0.3) is 0 Å². The van der Waals surface area contributed by atoms with Gasteiger partial charge in [-0.2, -0.15) is 0 Å². The molecule has 120 valence electrons. The van der Waals surface area contributed by atoms with Crippen molar-refractivity contribution in [3.63, 3.8) is 0 Å². The third kappa shape index (κ3) is 3.67.